The number of nitrogens with zero attached hydrogens (tertiary/aromatic N) is 1. The first-order valence-electron chi connectivity index (χ1n) is 5.65. The van der Waals surface area contributed by atoms with Gasteiger partial charge in [-0.2, -0.15) is 0 Å². The van der Waals surface area contributed by atoms with Crippen molar-refractivity contribution < 1.29 is 9.84 Å². The Morgan fingerprint density at radius 3 is 2.79 bits per heavy atom. The summed E-state index contributed by atoms with van der Waals surface area (Å²) >= 11 is 0. The lowest BCUT2D eigenvalue weighted by Crippen LogP contribution is -2.45. The molecule has 0 aromatic rings. The number of hydrogen-bond donors (Lipinski definition) is 1. The predicted octanol–water partition coefficient (Wildman–Crippen LogP) is 0.870. The molecule has 0 amide bonds. The summed E-state index contributed by atoms with van der Waals surface area (Å²) in [5.74, 6) is 0. The molecule has 2 rings (SSSR count). The number of aliphatic hydroxyl groups excluding tert-OH is 1. The van der Waals surface area contributed by atoms with Gasteiger partial charge in [-0.1, -0.05) is 0 Å². The van der Waals surface area contributed by atoms with E-state index in [9.17, 15) is 5.11 Å². The molecule has 1 aliphatic carbocycles. The SMILES string of the molecule is CN(CC1(CO)CCCOC1)C1CC1. The fourth-order valence-electron chi connectivity index (χ4n) is 2.38. The summed E-state index contributed by atoms with van der Waals surface area (Å²) in [6.07, 6.45) is 4.87. The van der Waals surface area contributed by atoms with Crippen LogP contribution in [0.5, 0.6) is 0 Å². The molecule has 0 bridgehead atoms. The third kappa shape index (κ3) is 2.27. The highest BCUT2D eigenvalue weighted by Gasteiger charge is 2.37. The van der Waals surface area contributed by atoms with Crippen LogP contribution in [0.1, 0.15) is 25.7 Å². The van der Waals surface area contributed by atoms with Crippen LogP contribution < -0.4 is 0 Å². The predicted molar refractivity (Wildman–Crippen MR) is 55.2 cm³/mol. The molecule has 1 aliphatic heterocycles. The third-order valence-electron chi connectivity index (χ3n) is 3.49. The summed E-state index contributed by atoms with van der Waals surface area (Å²) in [7, 11) is 2.17. The second-order valence-electron chi connectivity index (χ2n) is 4.96. The average molecular weight is 199 g/mol. The lowest BCUT2D eigenvalue weighted by Gasteiger charge is -2.38. The second-order valence-corrected chi connectivity index (χ2v) is 4.96. The molecule has 2 fully saturated rings. The molecule has 14 heavy (non-hydrogen) atoms. The first kappa shape index (κ1) is 10.4. The maximum Gasteiger partial charge on any atom is 0.0556 e. The van der Waals surface area contributed by atoms with Crippen LogP contribution in [0.4, 0.5) is 0 Å². The zero-order valence-electron chi connectivity index (χ0n) is 9.04. The van der Waals surface area contributed by atoms with Crippen molar-refractivity contribution in [1.82, 2.24) is 4.90 Å². The molecule has 1 heterocycles. The van der Waals surface area contributed by atoms with Gasteiger partial charge in [0.2, 0.25) is 0 Å². The van der Waals surface area contributed by atoms with Crippen LogP contribution in [0, 0.1) is 5.41 Å². The van der Waals surface area contributed by atoms with Crippen LogP contribution in [-0.2, 0) is 4.74 Å². The zero-order chi connectivity index (χ0) is 10.0. The standard InChI is InChI=1S/C11H21NO2/c1-12(10-3-4-10)7-11(8-13)5-2-6-14-9-11/h10,13H,2-9H2,1H3. The topological polar surface area (TPSA) is 32.7 Å². The Morgan fingerprint density at radius 2 is 2.29 bits per heavy atom. The Kier molecular flexibility index (Phi) is 3.10. The Morgan fingerprint density at radius 1 is 1.50 bits per heavy atom. The monoisotopic (exact) mass is 199 g/mol. The van der Waals surface area contributed by atoms with E-state index in [1.807, 2.05) is 0 Å². The van der Waals surface area contributed by atoms with Gasteiger partial charge in [0.05, 0.1) is 13.2 Å². The van der Waals surface area contributed by atoms with Gasteiger partial charge in [-0.25, -0.2) is 0 Å². The van der Waals surface area contributed by atoms with E-state index in [0.717, 1.165) is 38.6 Å². The molecule has 3 heteroatoms. The lowest BCUT2D eigenvalue weighted by molar-refractivity contribution is -0.0531. The molecule has 1 saturated heterocycles. The molecule has 1 N–H and O–H groups in total. The Hall–Kier alpha value is -0.120. The van der Waals surface area contributed by atoms with Crippen LogP contribution in [-0.4, -0.2) is 49.5 Å². The lowest BCUT2D eigenvalue weighted by atomic mass is 9.83. The molecular formula is C11H21NO2. The van der Waals surface area contributed by atoms with Crippen LogP contribution in [0.15, 0.2) is 0 Å². The average Bonchev–Trinajstić information content (AvgIpc) is 3.02. The smallest absolute Gasteiger partial charge is 0.0556 e. The van der Waals surface area contributed by atoms with Gasteiger partial charge in [-0.3, -0.25) is 0 Å². The van der Waals surface area contributed by atoms with E-state index in [4.69, 9.17) is 4.74 Å². The van der Waals surface area contributed by atoms with Crippen molar-refractivity contribution in [2.75, 3.05) is 33.4 Å². The number of ether oxygens (including phenoxy) is 1. The molecule has 82 valence electrons. The minimum Gasteiger partial charge on any atom is -0.396 e. The molecule has 1 saturated carbocycles. The van der Waals surface area contributed by atoms with Crippen LogP contribution in [0.3, 0.4) is 0 Å². The Balaban J connectivity index is 1.89. The summed E-state index contributed by atoms with van der Waals surface area (Å²) in [5.41, 5.74) is 0.0234. The normalized spacial score (nSPS) is 33.6. The van der Waals surface area contributed by atoms with Gasteiger partial charge in [0, 0.05) is 24.6 Å². The summed E-state index contributed by atoms with van der Waals surface area (Å²) in [6.45, 7) is 2.87. The van der Waals surface area contributed by atoms with Crippen molar-refractivity contribution >= 4 is 0 Å². The van der Waals surface area contributed by atoms with Gasteiger partial charge in [0.25, 0.3) is 0 Å². The van der Waals surface area contributed by atoms with E-state index in [-0.39, 0.29) is 12.0 Å². The molecule has 3 nitrogen and oxygen atoms in total. The van der Waals surface area contributed by atoms with E-state index in [2.05, 4.69) is 11.9 Å². The fourth-order valence-corrected chi connectivity index (χ4v) is 2.38. The Bertz CT molecular complexity index is 186. The van der Waals surface area contributed by atoms with E-state index >= 15 is 0 Å². The van der Waals surface area contributed by atoms with Crippen molar-refractivity contribution in [3.05, 3.63) is 0 Å². The maximum atomic E-state index is 9.49. The van der Waals surface area contributed by atoms with Gasteiger partial charge in [0.1, 0.15) is 0 Å². The molecule has 2 aliphatic rings. The van der Waals surface area contributed by atoms with E-state index in [1.165, 1.54) is 12.8 Å². The van der Waals surface area contributed by atoms with Crippen molar-refractivity contribution in [2.24, 2.45) is 5.41 Å². The number of rotatable bonds is 4. The molecule has 0 radical (unpaired) electrons. The maximum absolute atomic E-state index is 9.49. The molecule has 0 spiro atoms. The molecule has 1 atom stereocenters. The van der Waals surface area contributed by atoms with Gasteiger partial charge < -0.3 is 14.7 Å². The highest BCUT2D eigenvalue weighted by atomic mass is 16.5. The summed E-state index contributed by atoms with van der Waals surface area (Å²) in [5, 5.41) is 9.49. The van der Waals surface area contributed by atoms with Crippen molar-refractivity contribution in [3.63, 3.8) is 0 Å². The fraction of sp³-hybridized carbons (Fsp3) is 1.00. The highest BCUT2D eigenvalue weighted by molar-refractivity contribution is 4.89. The minimum absolute atomic E-state index is 0.0234. The summed E-state index contributed by atoms with van der Waals surface area (Å²) < 4.78 is 5.49. The van der Waals surface area contributed by atoms with Gasteiger partial charge in [-0.15, -0.1) is 0 Å². The number of hydrogen-bond acceptors (Lipinski definition) is 3. The summed E-state index contributed by atoms with van der Waals surface area (Å²) in [4.78, 5) is 2.39. The van der Waals surface area contributed by atoms with Crippen molar-refractivity contribution in [3.8, 4) is 0 Å². The molecule has 1 unspecified atom stereocenters. The second kappa shape index (κ2) is 4.17. The van der Waals surface area contributed by atoms with E-state index in [0.29, 0.717) is 0 Å². The Labute approximate surface area is 86.0 Å². The summed E-state index contributed by atoms with van der Waals surface area (Å²) in [6, 6.07) is 0.778. The molecular weight excluding hydrogens is 178 g/mol. The zero-order valence-corrected chi connectivity index (χ0v) is 9.04. The molecule has 0 aromatic carbocycles. The first-order chi connectivity index (χ1) is 6.76. The van der Waals surface area contributed by atoms with Gasteiger partial charge in [-0.05, 0) is 32.7 Å². The molecule has 0 aromatic heterocycles. The van der Waals surface area contributed by atoms with Crippen LogP contribution in [0.2, 0.25) is 0 Å². The minimum atomic E-state index is 0.0234. The highest BCUT2D eigenvalue weighted by Crippen LogP contribution is 2.33. The number of aliphatic hydroxyl groups is 1. The van der Waals surface area contributed by atoms with Crippen molar-refractivity contribution in [1.29, 1.82) is 0 Å². The van der Waals surface area contributed by atoms with E-state index < -0.39 is 0 Å². The van der Waals surface area contributed by atoms with Gasteiger partial charge in [0.15, 0.2) is 0 Å². The quantitative estimate of drug-likeness (QED) is 0.729. The van der Waals surface area contributed by atoms with Crippen LogP contribution in [0.25, 0.3) is 0 Å². The van der Waals surface area contributed by atoms with Gasteiger partial charge >= 0.3 is 0 Å². The van der Waals surface area contributed by atoms with Crippen LogP contribution >= 0.6 is 0 Å². The third-order valence-corrected chi connectivity index (χ3v) is 3.49. The van der Waals surface area contributed by atoms with E-state index in [1.54, 1.807) is 0 Å². The largest absolute Gasteiger partial charge is 0.396 e. The first-order valence-corrected chi connectivity index (χ1v) is 5.65. The van der Waals surface area contributed by atoms with Crippen molar-refractivity contribution in [2.45, 2.75) is 31.7 Å².